The number of amides is 1. The molecule has 0 fully saturated rings. The van der Waals surface area contributed by atoms with Crippen LogP contribution >= 0.6 is 22.9 Å². The highest BCUT2D eigenvalue weighted by Crippen LogP contribution is 2.23. The summed E-state index contributed by atoms with van der Waals surface area (Å²) in [6.45, 7) is -0.455. The van der Waals surface area contributed by atoms with Crippen molar-refractivity contribution >= 4 is 40.5 Å². The van der Waals surface area contributed by atoms with Crippen LogP contribution in [0.2, 0.25) is 5.15 Å². The number of carbonyl (C=O) groups excluding carboxylic acids is 2. The minimum absolute atomic E-state index is 0.135. The predicted octanol–water partition coefficient (Wildman–Crippen LogP) is 2.39. The number of aryl methyl sites for hydroxylation is 1. The number of carbonyl (C=O) groups is 2. The van der Waals surface area contributed by atoms with E-state index in [1.807, 2.05) is 0 Å². The molecule has 10 heteroatoms. The molecule has 0 radical (unpaired) electrons. The topological polar surface area (TPSA) is 99.0 Å². The van der Waals surface area contributed by atoms with E-state index in [1.54, 1.807) is 41.6 Å². The number of hydrogen-bond acceptors (Lipinski definition) is 7. The molecule has 1 amide bonds. The van der Waals surface area contributed by atoms with Gasteiger partial charge in [-0.25, -0.2) is 14.8 Å². The first-order valence-corrected chi connectivity index (χ1v) is 8.31. The number of nitrogens with zero attached hydrogens (tertiary/aromatic N) is 4. The second-order valence-electron chi connectivity index (χ2n) is 4.91. The second kappa shape index (κ2) is 7.41. The van der Waals surface area contributed by atoms with Crippen molar-refractivity contribution in [2.24, 2.45) is 7.05 Å². The van der Waals surface area contributed by atoms with Gasteiger partial charge < -0.3 is 10.1 Å². The summed E-state index contributed by atoms with van der Waals surface area (Å²) in [5.74, 6) is -1.20. The third-order valence-electron chi connectivity index (χ3n) is 3.03. The van der Waals surface area contributed by atoms with Crippen molar-refractivity contribution in [3.63, 3.8) is 0 Å². The van der Waals surface area contributed by atoms with Gasteiger partial charge in [-0.05, 0) is 12.1 Å². The molecule has 3 aromatic rings. The molecule has 3 rings (SSSR count). The summed E-state index contributed by atoms with van der Waals surface area (Å²) in [4.78, 5) is 31.9. The van der Waals surface area contributed by atoms with Crippen LogP contribution in [0.15, 0.2) is 36.1 Å². The monoisotopic (exact) mass is 377 g/mol. The van der Waals surface area contributed by atoms with Gasteiger partial charge in [-0.1, -0.05) is 11.6 Å². The van der Waals surface area contributed by atoms with Crippen molar-refractivity contribution < 1.29 is 14.3 Å². The highest BCUT2D eigenvalue weighted by atomic mass is 35.5. The van der Waals surface area contributed by atoms with E-state index in [0.717, 1.165) is 5.56 Å². The zero-order valence-corrected chi connectivity index (χ0v) is 14.5. The summed E-state index contributed by atoms with van der Waals surface area (Å²) in [6.07, 6.45) is 4.94. The van der Waals surface area contributed by atoms with Gasteiger partial charge in [-0.2, -0.15) is 5.10 Å². The zero-order valence-electron chi connectivity index (χ0n) is 13.0. The van der Waals surface area contributed by atoms with Gasteiger partial charge in [0.25, 0.3) is 5.91 Å². The number of nitrogens with one attached hydrogen (secondary N) is 1. The number of aromatic nitrogens is 4. The Bertz CT molecular complexity index is 923. The molecular formula is C15H12ClN5O3S. The predicted molar refractivity (Wildman–Crippen MR) is 92.5 cm³/mol. The number of halogens is 1. The molecule has 0 aliphatic rings. The molecule has 128 valence electrons. The maximum atomic E-state index is 12.0. The van der Waals surface area contributed by atoms with Crippen molar-refractivity contribution in [3.05, 3.63) is 47.0 Å². The Balaban J connectivity index is 1.57. The summed E-state index contributed by atoms with van der Waals surface area (Å²) < 4.78 is 6.61. The minimum atomic E-state index is -0.682. The van der Waals surface area contributed by atoms with Crippen molar-refractivity contribution in [1.29, 1.82) is 0 Å². The molecule has 0 saturated carbocycles. The highest BCUT2D eigenvalue weighted by Gasteiger charge is 2.16. The zero-order chi connectivity index (χ0) is 17.8. The van der Waals surface area contributed by atoms with Crippen LogP contribution in [0.3, 0.4) is 0 Å². The van der Waals surface area contributed by atoms with E-state index in [-0.39, 0.29) is 10.8 Å². The van der Waals surface area contributed by atoms with Crippen molar-refractivity contribution in [1.82, 2.24) is 19.7 Å². The quantitative estimate of drug-likeness (QED) is 0.541. The van der Waals surface area contributed by atoms with E-state index in [4.69, 9.17) is 16.3 Å². The fraction of sp³-hybridized carbons (Fsp3) is 0.133. The fourth-order valence-corrected chi connectivity index (χ4v) is 2.83. The normalized spacial score (nSPS) is 10.5. The van der Waals surface area contributed by atoms with Gasteiger partial charge >= 0.3 is 5.97 Å². The Morgan fingerprint density at radius 3 is 3.00 bits per heavy atom. The average Bonchev–Trinajstić information content (AvgIpc) is 3.23. The number of esters is 1. The lowest BCUT2D eigenvalue weighted by atomic mass is 10.4. The Kier molecular flexibility index (Phi) is 5.05. The van der Waals surface area contributed by atoms with Crippen LogP contribution in [0.4, 0.5) is 5.69 Å². The summed E-state index contributed by atoms with van der Waals surface area (Å²) >= 11 is 7.13. The van der Waals surface area contributed by atoms with Crippen LogP contribution in [0, 0.1) is 0 Å². The van der Waals surface area contributed by atoms with Gasteiger partial charge in [0.1, 0.15) is 5.01 Å². The Morgan fingerprint density at radius 1 is 1.44 bits per heavy atom. The molecule has 0 unspecified atom stereocenters. The van der Waals surface area contributed by atoms with Crippen LogP contribution in [0.25, 0.3) is 10.6 Å². The highest BCUT2D eigenvalue weighted by molar-refractivity contribution is 7.13. The van der Waals surface area contributed by atoms with Crippen LogP contribution in [-0.4, -0.2) is 38.2 Å². The molecule has 0 bridgehead atoms. The van der Waals surface area contributed by atoms with E-state index in [1.165, 1.54) is 17.5 Å². The van der Waals surface area contributed by atoms with E-state index in [0.29, 0.717) is 10.7 Å². The molecular weight excluding hydrogens is 366 g/mol. The summed E-state index contributed by atoms with van der Waals surface area (Å²) in [6, 6.07) is 3.22. The van der Waals surface area contributed by atoms with Crippen LogP contribution in [0.5, 0.6) is 0 Å². The molecule has 0 atom stereocenters. The van der Waals surface area contributed by atoms with E-state index in [9.17, 15) is 9.59 Å². The molecule has 3 heterocycles. The molecule has 25 heavy (non-hydrogen) atoms. The number of thiazole rings is 1. The van der Waals surface area contributed by atoms with Gasteiger partial charge in [-0.15, -0.1) is 11.3 Å². The number of anilines is 1. The number of ether oxygens (including phenoxy) is 1. The standard InChI is InChI=1S/C15H12ClN5O3S/c1-21-6-9(5-18-21)14-20-11(8-25-14)15(23)24-7-12(22)19-10-3-2-4-17-13(10)16/h2-6,8H,7H2,1H3,(H,19,22). The Morgan fingerprint density at radius 2 is 2.28 bits per heavy atom. The van der Waals surface area contributed by atoms with Gasteiger partial charge in [-0.3, -0.25) is 9.48 Å². The molecule has 0 saturated heterocycles. The van der Waals surface area contributed by atoms with Crippen LogP contribution in [-0.2, 0) is 16.6 Å². The smallest absolute Gasteiger partial charge is 0.358 e. The van der Waals surface area contributed by atoms with Gasteiger partial charge in [0.15, 0.2) is 17.5 Å². The number of pyridine rings is 1. The first-order valence-electron chi connectivity index (χ1n) is 7.05. The van der Waals surface area contributed by atoms with E-state index < -0.39 is 18.5 Å². The third-order valence-corrected chi connectivity index (χ3v) is 4.23. The Labute approximate surface area is 151 Å². The lowest BCUT2D eigenvalue weighted by molar-refractivity contribution is -0.119. The van der Waals surface area contributed by atoms with Crippen molar-refractivity contribution in [2.75, 3.05) is 11.9 Å². The van der Waals surface area contributed by atoms with Crippen molar-refractivity contribution in [3.8, 4) is 10.6 Å². The van der Waals surface area contributed by atoms with Gasteiger partial charge in [0, 0.05) is 30.4 Å². The summed E-state index contributed by atoms with van der Waals surface area (Å²) in [5.41, 5.74) is 1.28. The Hall–Kier alpha value is -2.78. The maximum absolute atomic E-state index is 12.0. The van der Waals surface area contributed by atoms with E-state index >= 15 is 0 Å². The minimum Gasteiger partial charge on any atom is -0.451 e. The fourth-order valence-electron chi connectivity index (χ4n) is 1.90. The van der Waals surface area contributed by atoms with Crippen LogP contribution in [0.1, 0.15) is 10.5 Å². The first-order chi connectivity index (χ1) is 12.0. The third kappa shape index (κ3) is 4.20. The second-order valence-corrected chi connectivity index (χ2v) is 6.12. The average molecular weight is 378 g/mol. The van der Waals surface area contributed by atoms with Gasteiger partial charge in [0.2, 0.25) is 0 Å². The SMILES string of the molecule is Cn1cc(-c2nc(C(=O)OCC(=O)Nc3cccnc3Cl)cs2)cn1. The molecule has 0 spiro atoms. The summed E-state index contributed by atoms with van der Waals surface area (Å²) in [5, 5.41) is 8.93. The maximum Gasteiger partial charge on any atom is 0.358 e. The first kappa shape index (κ1) is 17.1. The lowest BCUT2D eigenvalue weighted by Gasteiger charge is -2.06. The summed E-state index contributed by atoms with van der Waals surface area (Å²) in [7, 11) is 1.79. The number of hydrogen-bond donors (Lipinski definition) is 1. The van der Waals surface area contributed by atoms with E-state index in [2.05, 4.69) is 20.4 Å². The molecule has 0 aromatic carbocycles. The van der Waals surface area contributed by atoms with Gasteiger partial charge in [0.05, 0.1) is 11.9 Å². The van der Waals surface area contributed by atoms with Crippen molar-refractivity contribution in [2.45, 2.75) is 0 Å². The molecule has 3 aromatic heterocycles. The molecule has 1 N–H and O–H groups in total. The lowest BCUT2D eigenvalue weighted by Crippen LogP contribution is -2.21. The molecule has 0 aliphatic carbocycles. The molecule has 0 aliphatic heterocycles. The van der Waals surface area contributed by atoms with Crippen LogP contribution < -0.4 is 5.32 Å². The largest absolute Gasteiger partial charge is 0.451 e. The number of rotatable bonds is 5. The molecule has 8 nitrogen and oxygen atoms in total.